The van der Waals surface area contributed by atoms with Crippen LogP contribution >= 0.6 is 0 Å². The molecule has 0 aliphatic rings. The van der Waals surface area contributed by atoms with E-state index in [1.165, 1.54) is 13.3 Å². The van der Waals surface area contributed by atoms with Crippen LogP contribution in [0.5, 0.6) is 0 Å². The molecule has 2 atom stereocenters. The van der Waals surface area contributed by atoms with E-state index in [9.17, 15) is 9.00 Å². The molecule has 0 spiro atoms. The van der Waals surface area contributed by atoms with Crippen LogP contribution in [0.1, 0.15) is 24.6 Å². The van der Waals surface area contributed by atoms with Crippen molar-refractivity contribution < 1.29 is 13.7 Å². The second kappa shape index (κ2) is 6.87. The molecular weight excluding hydrogens is 252 g/mol. The van der Waals surface area contributed by atoms with Gasteiger partial charge >= 0.3 is 5.97 Å². The van der Waals surface area contributed by atoms with Crippen molar-refractivity contribution in [2.75, 3.05) is 7.11 Å². The molecule has 1 aromatic heterocycles. The Morgan fingerprint density at radius 1 is 1.67 bits per heavy atom. The minimum Gasteiger partial charge on any atom is -0.469 e. The van der Waals surface area contributed by atoms with Crippen molar-refractivity contribution in [2.45, 2.75) is 24.3 Å². The average Bonchev–Trinajstić information content (AvgIpc) is 2.39. The quantitative estimate of drug-likeness (QED) is 0.747. The molecule has 0 saturated heterocycles. The Morgan fingerprint density at radius 3 is 3.00 bits per heavy atom. The molecular formula is C12H14N2O3S. The van der Waals surface area contributed by atoms with Crippen molar-refractivity contribution in [3.05, 3.63) is 29.6 Å². The van der Waals surface area contributed by atoms with Gasteiger partial charge in [0, 0.05) is 27.8 Å². The van der Waals surface area contributed by atoms with Gasteiger partial charge in [0.2, 0.25) is 0 Å². The van der Waals surface area contributed by atoms with Gasteiger partial charge in [-0.05, 0) is 6.07 Å². The Bertz CT molecular complexity index is 496. The average molecular weight is 266 g/mol. The molecule has 0 fully saturated rings. The fourth-order valence-corrected chi connectivity index (χ4v) is 2.51. The molecule has 1 heterocycles. The normalized spacial score (nSPS) is 13.4. The molecule has 0 bridgehead atoms. The van der Waals surface area contributed by atoms with Crippen LogP contribution in [0.15, 0.2) is 18.3 Å². The lowest BCUT2D eigenvalue weighted by molar-refractivity contribution is -0.140. The molecule has 0 amide bonds. The van der Waals surface area contributed by atoms with Crippen LogP contribution in [0.2, 0.25) is 0 Å². The van der Waals surface area contributed by atoms with Crippen molar-refractivity contribution in [3.63, 3.8) is 0 Å². The summed E-state index contributed by atoms with van der Waals surface area (Å²) in [6.45, 7) is 1.72. The molecule has 2 unspecified atom stereocenters. The van der Waals surface area contributed by atoms with E-state index < -0.39 is 10.8 Å². The number of carbonyl (C=O) groups excluding carboxylic acids is 1. The fourth-order valence-electron chi connectivity index (χ4n) is 1.36. The second-order valence-corrected chi connectivity index (χ2v) is 5.59. The van der Waals surface area contributed by atoms with Crippen molar-refractivity contribution >= 4 is 16.8 Å². The first-order chi connectivity index (χ1) is 8.58. The highest BCUT2D eigenvalue weighted by Crippen LogP contribution is 2.12. The number of pyridine rings is 1. The third-order valence-electron chi connectivity index (χ3n) is 2.43. The minimum atomic E-state index is -1.24. The number of nitrogens with zero attached hydrogens (tertiary/aromatic N) is 2. The Hall–Kier alpha value is -1.74. The molecule has 1 rings (SSSR count). The minimum absolute atomic E-state index is 0.102. The van der Waals surface area contributed by atoms with Crippen molar-refractivity contribution in [1.82, 2.24) is 4.98 Å². The molecule has 0 aromatic carbocycles. The van der Waals surface area contributed by atoms with Crippen molar-refractivity contribution in [1.29, 1.82) is 5.26 Å². The predicted molar refractivity (Wildman–Crippen MR) is 66.9 cm³/mol. The fraction of sp³-hybridized carbons (Fsp3) is 0.417. The van der Waals surface area contributed by atoms with E-state index >= 15 is 0 Å². The Kier molecular flexibility index (Phi) is 5.46. The zero-order chi connectivity index (χ0) is 13.5. The molecule has 0 N–H and O–H groups in total. The van der Waals surface area contributed by atoms with Crippen LogP contribution in [0.4, 0.5) is 0 Å². The lowest BCUT2D eigenvalue weighted by Crippen LogP contribution is -2.18. The van der Waals surface area contributed by atoms with Crippen molar-refractivity contribution in [3.8, 4) is 6.07 Å². The van der Waals surface area contributed by atoms with Gasteiger partial charge in [0.1, 0.15) is 11.8 Å². The van der Waals surface area contributed by atoms with Gasteiger partial charge in [-0.15, -0.1) is 0 Å². The van der Waals surface area contributed by atoms with Crippen LogP contribution in [0.25, 0.3) is 0 Å². The van der Waals surface area contributed by atoms with Crippen LogP contribution in [0.3, 0.4) is 0 Å². The molecule has 1 aromatic rings. The summed E-state index contributed by atoms with van der Waals surface area (Å²) >= 11 is 0. The summed E-state index contributed by atoms with van der Waals surface area (Å²) in [6.07, 6.45) is 1.62. The van der Waals surface area contributed by atoms with E-state index in [2.05, 4.69) is 9.72 Å². The van der Waals surface area contributed by atoms with E-state index in [0.29, 0.717) is 5.56 Å². The molecule has 0 aliphatic carbocycles. The molecule has 96 valence electrons. The summed E-state index contributed by atoms with van der Waals surface area (Å²) in [4.78, 5) is 15.0. The lowest BCUT2D eigenvalue weighted by Gasteiger charge is -2.10. The highest BCUT2D eigenvalue weighted by atomic mass is 32.2. The van der Waals surface area contributed by atoms with Gasteiger partial charge in [-0.3, -0.25) is 9.00 Å². The van der Waals surface area contributed by atoms with Crippen LogP contribution in [-0.4, -0.2) is 27.5 Å². The van der Waals surface area contributed by atoms with E-state index in [-0.39, 0.29) is 29.1 Å². The third-order valence-corrected chi connectivity index (χ3v) is 4.09. The number of aromatic nitrogens is 1. The number of carbonyl (C=O) groups is 1. The highest BCUT2D eigenvalue weighted by Gasteiger charge is 2.17. The summed E-state index contributed by atoms with van der Waals surface area (Å²) in [7, 11) is 0.0567. The SMILES string of the molecule is COC(=O)CC(C)S(=O)Cc1cccnc1C#N. The summed E-state index contributed by atoms with van der Waals surface area (Å²) < 4.78 is 16.5. The summed E-state index contributed by atoms with van der Waals surface area (Å²) in [5.41, 5.74) is 0.908. The van der Waals surface area contributed by atoms with Gasteiger partial charge in [-0.1, -0.05) is 13.0 Å². The Labute approximate surface area is 108 Å². The highest BCUT2D eigenvalue weighted by molar-refractivity contribution is 7.84. The van der Waals surface area contributed by atoms with E-state index in [1.807, 2.05) is 6.07 Å². The second-order valence-electron chi connectivity index (χ2n) is 3.74. The van der Waals surface area contributed by atoms with Gasteiger partial charge in [-0.2, -0.15) is 5.26 Å². The maximum absolute atomic E-state index is 12.0. The summed E-state index contributed by atoms with van der Waals surface area (Å²) in [5, 5.41) is 8.55. The monoisotopic (exact) mass is 266 g/mol. The molecule has 0 radical (unpaired) electrons. The number of nitriles is 1. The molecule has 6 heteroatoms. The maximum Gasteiger partial charge on any atom is 0.306 e. The van der Waals surface area contributed by atoms with Crippen LogP contribution in [-0.2, 0) is 26.1 Å². The van der Waals surface area contributed by atoms with Gasteiger partial charge in [0.15, 0.2) is 0 Å². The van der Waals surface area contributed by atoms with Crippen LogP contribution in [0, 0.1) is 11.3 Å². The smallest absolute Gasteiger partial charge is 0.306 e. The first-order valence-corrected chi connectivity index (χ1v) is 6.74. The number of hydrogen-bond donors (Lipinski definition) is 0. The number of hydrogen-bond acceptors (Lipinski definition) is 5. The van der Waals surface area contributed by atoms with Gasteiger partial charge in [0.25, 0.3) is 0 Å². The maximum atomic E-state index is 12.0. The van der Waals surface area contributed by atoms with Gasteiger partial charge < -0.3 is 4.74 Å². The third kappa shape index (κ3) is 3.93. The number of rotatable bonds is 5. The van der Waals surface area contributed by atoms with Gasteiger partial charge in [-0.25, -0.2) is 4.98 Å². The zero-order valence-corrected chi connectivity index (χ0v) is 11.1. The predicted octanol–water partition coefficient (Wildman–Crippen LogP) is 1.15. The largest absolute Gasteiger partial charge is 0.469 e. The first-order valence-electron chi connectivity index (χ1n) is 5.36. The van der Waals surface area contributed by atoms with E-state index in [1.54, 1.807) is 19.1 Å². The summed E-state index contributed by atoms with van der Waals surface area (Å²) in [6, 6.07) is 5.36. The topological polar surface area (TPSA) is 80.1 Å². The number of esters is 1. The van der Waals surface area contributed by atoms with Crippen molar-refractivity contribution in [2.24, 2.45) is 0 Å². The molecule has 5 nitrogen and oxygen atoms in total. The molecule has 18 heavy (non-hydrogen) atoms. The molecule has 0 aliphatic heterocycles. The number of ether oxygens (including phenoxy) is 1. The Morgan fingerprint density at radius 2 is 2.39 bits per heavy atom. The number of methoxy groups -OCH3 is 1. The standard InChI is InChI=1S/C12H14N2O3S/c1-9(6-12(15)17-2)18(16)8-10-4-3-5-14-11(10)7-13/h3-5,9H,6,8H2,1-2H3. The zero-order valence-electron chi connectivity index (χ0n) is 10.3. The molecule has 0 saturated carbocycles. The van der Waals surface area contributed by atoms with Crippen LogP contribution < -0.4 is 0 Å². The van der Waals surface area contributed by atoms with E-state index in [4.69, 9.17) is 5.26 Å². The lowest BCUT2D eigenvalue weighted by atomic mass is 10.2. The Balaban J connectivity index is 2.70. The first kappa shape index (κ1) is 14.3. The summed E-state index contributed by atoms with van der Waals surface area (Å²) in [5.74, 6) is -0.169. The van der Waals surface area contributed by atoms with Gasteiger partial charge in [0.05, 0.1) is 19.3 Å². The van der Waals surface area contributed by atoms with E-state index in [0.717, 1.165) is 0 Å².